The van der Waals surface area contributed by atoms with E-state index in [-0.39, 0.29) is 10.6 Å². The highest BCUT2D eigenvalue weighted by molar-refractivity contribution is 7.90. The van der Waals surface area contributed by atoms with Crippen LogP contribution in [0.25, 0.3) is 0 Å². The number of halogens is 1. The summed E-state index contributed by atoms with van der Waals surface area (Å²) in [5.41, 5.74) is 0. The topological polar surface area (TPSA) is 55.4 Å². The van der Waals surface area contributed by atoms with E-state index in [9.17, 15) is 8.42 Å². The molecule has 0 aliphatic heterocycles. The molecule has 0 radical (unpaired) electrons. The number of alkyl halides is 1. The van der Waals surface area contributed by atoms with Gasteiger partial charge in [0.2, 0.25) is 10.0 Å². The summed E-state index contributed by atoms with van der Waals surface area (Å²) in [5.74, 6) is 0. The highest BCUT2D eigenvalue weighted by Crippen LogP contribution is 2.23. The molecule has 0 aromatic carbocycles. The minimum Gasteiger partial charge on any atom is -0.383 e. The van der Waals surface area contributed by atoms with Gasteiger partial charge in [-0.1, -0.05) is 12.8 Å². The zero-order valence-corrected chi connectivity index (χ0v) is 11.2. The van der Waals surface area contributed by atoms with Crippen LogP contribution in [-0.2, 0) is 14.8 Å². The Morgan fingerprint density at radius 3 is 2.62 bits per heavy atom. The van der Waals surface area contributed by atoms with E-state index in [1.54, 1.807) is 7.11 Å². The quantitative estimate of drug-likeness (QED) is 0.713. The number of ether oxygens (including phenoxy) is 1. The zero-order chi connectivity index (χ0) is 12.0. The van der Waals surface area contributed by atoms with Gasteiger partial charge in [0.1, 0.15) is 0 Å². The van der Waals surface area contributed by atoms with Gasteiger partial charge in [-0.3, -0.25) is 0 Å². The molecule has 0 aromatic rings. The van der Waals surface area contributed by atoms with E-state index in [1.165, 1.54) is 0 Å². The Hall–Kier alpha value is 0.160. The van der Waals surface area contributed by atoms with Crippen LogP contribution in [0.5, 0.6) is 0 Å². The van der Waals surface area contributed by atoms with Crippen molar-refractivity contribution < 1.29 is 13.2 Å². The molecule has 96 valence electrons. The van der Waals surface area contributed by atoms with Crippen molar-refractivity contribution in [1.82, 2.24) is 4.72 Å². The smallest absolute Gasteiger partial charge is 0.214 e. The van der Waals surface area contributed by atoms with E-state index >= 15 is 0 Å². The Morgan fingerprint density at radius 2 is 2.06 bits per heavy atom. The average molecular weight is 270 g/mol. The van der Waals surface area contributed by atoms with Crippen molar-refractivity contribution in [3.8, 4) is 0 Å². The van der Waals surface area contributed by atoms with Gasteiger partial charge in [-0.15, -0.1) is 11.6 Å². The predicted octanol–water partition coefficient (Wildman–Crippen LogP) is 1.49. The molecule has 0 amide bonds. The molecule has 0 aromatic heterocycles. The van der Waals surface area contributed by atoms with Gasteiger partial charge >= 0.3 is 0 Å². The Kier molecular flexibility index (Phi) is 6.03. The lowest BCUT2D eigenvalue weighted by atomic mass is 10.3. The van der Waals surface area contributed by atoms with Crippen LogP contribution < -0.4 is 4.72 Å². The fourth-order valence-electron chi connectivity index (χ4n) is 1.94. The van der Waals surface area contributed by atoms with Crippen LogP contribution in [0, 0.1) is 0 Å². The van der Waals surface area contributed by atoms with E-state index in [4.69, 9.17) is 16.3 Å². The number of sulfonamides is 1. The molecule has 1 aliphatic rings. The number of rotatable bonds is 7. The summed E-state index contributed by atoms with van der Waals surface area (Å²) in [7, 11) is -1.54. The average Bonchev–Trinajstić information content (AvgIpc) is 2.71. The maximum absolute atomic E-state index is 11.8. The molecule has 1 saturated carbocycles. The Balaban J connectivity index is 2.25. The molecule has 1 aliphatic carbocycles. The van der Waals surface area contributed by atoms with Crippen molar-refractivity contribution in [2.45, 2.75) is 42.7 Å². The number of hydrogen-bond donors (Lipinski definition) is 1. The van der Waals surface area contributed by atoms with E-state index in [0.717, 1.165) is 25.7 Å². The first-order chi connectivity index (χ1) is 7.56. The van der Waals surface area contributed by atoms with Crippen LogP contribution in [0.2, 0.25) is 0 Å². The molecule has 1 fully saturated rings. The van der Waals surface area contributed by atoms with Gasteiger partial charge in [-0.2, -0.15) is 0 Å². The van der Waals surface area contributed by atoms with Crippen LogP contribution >= 0.6 is 11.6 Å². The summed E-state index contributed by atoms with van der Waals surface area (Å²) >= 11 is 5.91. The monoisotopic (exact) mass is 269 g/mol. The summed E-state index contributed by atoms with van der Waals surface area (Å²) in [6.45, 7) is 0.850. The molecule has 1 atom stereocenters. The lowest BCUT2D eigenvalue weighted by molar-refractivity contribution is 0.196. The van der Waals surface area contributed by atoms with Gasteiger partial charge < -0.3 is 4.74 Å². The molecule has 4 nitrogen and oxygen atoms in total. The molecule has 0 spiro atoms. The number of methoxy groups -OCH3 is 1. The van der Waals surface area contributed by atoms with Gasteiger partial charge in [0.05, 0.1) is 17.2 Å². The fourth-order valence-corrected chi connectivity index (χ4v) is 3.77. The van der Waals surface area contributed by atoms with Crippen molar-refractivity contribution in [2.75, 3.05) is 20.3 Å². The maximum Gasteiger partial charge on any atom is 0.214 e. The van der Waals surface area contributed by atoms with Gasteiger partial charge in [0.25, 0.3) is 0 Å². The molecule has 0 saturated heterocycles. The molecule has 6 heteroatoms. The van der Waals surface area contributed by atoms with Gasteiger partial charge in [0.15, 0.2) is 0 Å². The van der Waals surface area contributed by atoms with Crippen LogP contribution in [-0.4, -0.2) is 39.3 Å². The first kappa shape index (κ1) is 14.2. The second-order valence-corrected chi connectivity index (χ2v) is 6.85. The first-order valence-electron chi connectivity index (χ1n) is 5.67. The Labute approximate surface area is 103 Å². The minimum absolute atomic E-state index is 0.128. The van der Waals surface area contributed by atoms with Gasteiger partial charge in [-0.25, -0.2) is 13.1 Å². The number of nitrogens with one attached hydrogen (secondary N) is 1. The van der Waals surface area contributed by atoms with Gasteiger partial charge in [-0.05, 0) is 19.3 Å². The highest BCUT2D eigenvalue weighted by atomic mass is 35.5. The molecule has 0 bridgehead atoms. The molecule has 16 heavy (non-hydrogen) atoms. The predicted molar refractivity (Wildman–Crippen MR) is 65.3 cm³/mol. The van der Waals surface area contributed by atoms with Gasteiger partial charge in [0, 0.05) is 13.7 Å². The zero-order valence-electron chi connectivity index (χ0n) is 9.62. The Morgan fingerprint density at radius 1 is 1.44 bits per heavy atom. The lowest BCUT2D eigenvalue weighted by Crippen LogP contribution is -2.34. The molecule has 1 N–H and O–H groups in total. The maximum atomic E-state index is 11.8. The fraction of sp³-hybridized carbons (Fsp3) is 1.00. The van der Waals surface area contributed by atoms with E-state index < -0.39 is 10.0 Å². The first-order valence-corrected chi connectivity index (χ1v) is 7.66. The normalized spacial score (nSPS) is 20.1. The summed E-state index contributed by atoms with van der Waals surface area (Å²) in [5, 5.41) is -0.319. The van der Waals surface area contributed by atoms with Crippen LogP contribution in [0.1, 0.15) is 32.1 Å². The highest BCUT2D eigenvalue weighted by Gasteiger charge is 2.28. The van der Waals surface area contributed by atoms with Crippen molar-refractivity contribution >= 4 is 21.6 Å². The van der Waals surface area contributed by atoms with E-state index in [1.807, 2.05) is 0 Å². The molecular formula is C10H20ClNO3S. The summed E-state index contributed by atoms with van der Waals surface area (Å²) in [6, 6.07) is 0. The second-order valence-electron chi connectivity index (χ2n) is 4.19. The molecule has 0 heterocycles. The summed E-state index contributed by atoms with van der Waals surface area (Å²) in [4.78, 5) is 0. The van der Waals surface area contributed by atoms with Crippen LogP contribution in [0.15, 0.2) is 0 Å². The minimum atomic E-state index is -3.12. The van der Waals surface area contributed by atoms with Crippen molar-refractivity contribution in [3.63, 3.8) is 0 Å². The molecule has 1 rings (SSSR count). The Bertz CT molecular complexity index is 288. The van der Waals surface area contributed by atoms with Crippen molar-refractivity contribution in [3.05, 3.63) is 0 Å². The van der Waals surface area contributed by atoms with Crippen molar-refractivity contribution in [2.24, 2.45) is 0 Å². The van der Waals surface area contributed by atoms with Crippen LogP contribution in [0.3, 0.4) is 0 Å². The number of hydrogen-bond acceptors (Lipinski definition) is 3. The van der Waals surface area contributed by atoms with Crippen LogP contribution in [0.4, 0.5) is 0 Å². The SMILES string of the molecule is COCC(Cl)CCNS(=O)(=O)C1CCCC1. The standard InChI is InChI=1S/C10H20ClNO3S/c1-15-8-9(11)6-7-12-16(13,14)10-4-2-3-5-10/h9-10,12H,2-8H2,1H3. The third-order valence-corrected chi connectivity index (χ3v) is 5.15. The lowest BCUT2D eigenvalue weighted by Gasteiger charge is -2.13. The summed E-state index contributed by atoms with van der Waals surface area (Å²) in [6.07, 6.45) is 4.22. The van der Waals surface area contributed by atoms with Crippen molar-refractivity contribution in [1.29, 1.82) is 0 Å². The largest absolute Gasteiger partial charge is 0.383 e. The third kappa shape index (κ3) is 4.57. The second kappa shape index (κ2) is 6.79. The molecular weight excluding hydrogens is 250 g/mol. The summed E-state index contributed by atoms with van der Waals surface area (Å²) < 4.78 is 31.1. The third-order valence-electron chi connectivity index (χ3n) is 2.85. The van der Waals surface area contributed by atoms with E-state index in [0.29, 0.717) is 19.6 Å². The van der Waals surface area contributed by atoms with E-state index in [2.05, 4.69) is 4.72 Å². The molecule has 1 unspecified atom stereocenters.